The fraction of sp³-hybridized carbons (Fsp3) is 0.227. The molecule has 3 rings (SSSR count). The lowest BCUT2D eigenvalue weighted by Gasteiger charge is -2.16. The second-order valence-electron chi connectivity index (χ2n) is 6.69. The highest BCUT2D eigenvalue weighted by Crippen LogP contribution is 2.28. The van der Waals surface area contributed by atoms with E-state index in [1.54, 1.807) is 24.3 Å². The lowest BCUT2D eigenvalue weighted by atomic mass is 10.2. The molecule has 0 fully saturated rings. The number of hydrogen-bond acceptors (Lipinski definition) is 7. The van der Waals surface area contributed by atoms with E-state index >= 15 is 0 Å². The molecule has 0 saturated carbocycles. The van der Waals surface area contributed by atoms with E-state index in [9.17, 15) is 13.2 Å². The number of unbranched alkanes of at least 4 members (excludes halogenated alkanes) is 1. The van der Waals surface area contributed by atoms with Crippen LogP contribution in [-0.2, 0) is 10.0 Å². The van der Waals surface area contributed by atoms with Crippen LogP contribution in [-0.4, -0.2) is 38.0 Å². The Balaban J connectivity index is 1.62. The standard InChI is InChI=1S/C22H24N4O5S/c1-3-4-13-31-18-9-5-16(6-10-18)22(27)25-17-7-11-19(12-8-17)32(28,29)26-20-14-21(30-2)24-15-23-20/h5-12,14-15H,3-4,13H2,1-2H3,(H2,23,24,25,26,27)/p-1. The van der Waals surface area contributed by atoms with Crippen molar-refractivity contribution in [2.75, 3.05) is 19.0 Å². The molecule has 32 heavy (non-hydrogen) atoms. The molecule has 2 aromatic carbocycles. The molecular formula is C22H23N4O5S-. The molecule has 1 amide bonds. The number of nitrogens with zero attached hydrogens (tertiary/aromatic N) is 3. The van der Waals surface area contributed by atoms with Gasteiger partial charge in [-0.15, -0.1) is 0 Å². The Morgan fingerprint density at radius 3 is 2.44 bits per heavy atom. The molecule has 1 N–H and O–H groups in total. The highest BCUT2D eigenvalue weighted by Gasteiger charge is 2.12. The minimum Gasteiger partial charge on any atom is -0.494 e. The van der Waals surface area contributed by atoms with Crippen molar-refractivity contribution in [3.63, 3.8) is 0 Å². The fourth-order valence-electron chi connectivity index (χ4n) is 2.62. The number of amides is 1. The van der Waals surface area contributed by atoms with Gasteiger partial charge in [0.2, 0.25) is 15.9 Å². The van der Waals surface area contributed by atoms with Gasteiger partial charge in [0, 0.05) is 17.6 Å². The van der Waals surface area contributed by atoms with Crippen molar-refractivity contribution >= 4 is 27.4 Å². The van der Waals surface area contributed by atoms with Gasteiger partial charge in [0.1, 0.15) is 5.75 Å². The minimum absolute atomic E-state index is 0.0401. The number of nitrogens with one attached hydrogen (secondary N) is 1. The van der Waals surface area contributed by atoms with E-state index < -0.39 is 10.0 Å². The van der Waals surface area contributed by atoms with Crippen LogP contribution in [0.5, 0.6) is 11.6 Å². The number of benzene rings is 2. The maximum Gasteiger partial charge on any atom is 0.255 e. The molecule has 0 aliphatic carbocycles. The molecule has 168 valence electrons. The van der Waals surface area contributed by atoms with Crippen LogP contribution in [0.3, 0.4) is 0 Å². The first-order chi connectivity index (χ1) is 15.4. The van der Waals surface area contributed by atoms with E-state index in [1.807, 2.05) is 0 Å². The summed E-state index contributed by atoms with van der Waals surface area (Å²) in [6, 6.07) is 13.8. The summed E-state index contributed by atoms with van der Waals surface area (Å²) in [5, 5.41) is 2.73. The summed E-state index contributed by atoms with van der Waals surface area (Å²) in [6.45, 7) is 2.72. The molecule has 3 aromatic rings. The Kier molecular flexibility index (Phi) is 7.61. The number of methoxy groups -OCH3 is 1. The smallest absolute Gasteiger partial charge is 0.255 e. The normalized spacial score (nSPS) is 10.9. The summed E-state index contributed by atoms with van der Waals surface area (Å²) in [7, 11) is -2.59. The van der Waals surface area contributed by atoms with E-state index in [-0.39, 0.29) is 22.5 Å². The van der Waals surface area contributed by atoms with Crippen LogP contribution < -0.4 is 14.8 Å². The summed E-state index contributed by atoms with van der Waals surface area (Å²) < 4.78 is 39.2. The van der Waals surface area contributed by atoms with Crippen molar-refractivity contribution in [3.05, 3.63) is 71.2 Å². The van der Waals surface area contributed by atoms with Crippen molar-refractivity contribution in [2.24, 2.45) is 0 Å². The predicted octanol–water partition coefficient (Wildman–Crippen LogP) is 4.31. The lowest BCUT2D eigenvalue weighted by Crippen LogP contribution is -2.12. The molecule has 1 heterocycles. The van der Waals surface area contributed by atoms with Crippen molar-refractivity contribution in [1.29, 1.82) is 0 Å². The van der Waals surface area contributed by atoms with Crippen LogP contribution in [0.2, 0.25) is 0 Å². The third-order valence-corrected chi connectivity index (χ3v) is 5.64. The Bertz CT molecular complexity index is 1150. The summed E-state index contributed by atoms with van der Waals surface area (Å²) in [4.78, 5) is 20.0. The molecule has 0 aliphatic heterocycles. The van der Waals surface area contributed by atoms with E-state index in [0.717, 1.165) is 19.2 Å². The number of carbonyl (C=O) groups excluding carboxylic acids is 1. The lowest BCUT2D eigenvalue weighted by molar-refractivity contribution is 0.102. The summed E-state index contributed by atoms with van der Waals surface area (Å²) in [5.74, 6) is 0.539. The number of ether oxygens (including phenoxy) is 2. The molecule has 9 nitrogen and oxygen atoms in total. The topological polar surface area (TPSA) is 122 Å². The highest BCUT2D eigenvalue weighted by atomic mass is 32.2. The molecular weight excluding hydrogens is 432 g/mol. The summed E-state index contributed by atoms with van der Waals surface area (Å²) in [6.07, 6.45) is 3.17. The number of rotatable bonds is 10. The first-order valence-electron chi connectivity index (χ1n) is 9.89. The van der Waals surface area contributed by atoms with Gasteiger partial charge in [-0.1, -0.05) is 13.3 Å². The molecule has 1 aromatic heterocycles. The highest BCUT2D eigenvalue weighted by molar-refractivity contribution is 7.94. The van der Waals surface area contributed by atoms with Crippen LogP contribution >= 0.6 is 0 Å². The Morgan fingerprint density at radius 2 is 1.78 bits per heavy atom. The van der Waals surface area contributed by atoms with Crippen molar-refractivity contribution < 1.29 is 22.7 Å². The predicted molar refractivity (Wildman–Crippen MR) is 120 cm³/mol. The fourth-order valence-corrected chi connectivity index (χ4v) is 3.55. The zero-order chi connectivity index (χ0) is 23.0. The third-order valence-electron chi connectivity index (χ3n) is 4.34. The molecule has 0 atom stereocenters. The van der Waals surface area contributed by atoms with E-state index in [0.29, 0.717) is 23.6 Å². The maximum absolute atomic E-state index is 12.5. The maximum atomic E-state index is 12.5. The van der Waals surface area contributed by atoms with Crippen LogP contribution in [0, 0.1) is 0 Å². The number of anilines is 1. The van der Waals surface area contributed by atoms with Gasteiger partial charge in [-0.3, -0.25) is 4.79 Å². The second-order valence-corrected chi connectivity index (χ2v) is 8.29. The van der Waals surface area contributed by atoms with Crippen LogP contribution in [0.25, 0.3) is 4.72 Å². The number of hydrogen-bond donors (Lipinski definition) is 1. The number of sulfonamides is 1. The molecule has 0 aliphatic rings. The number of carbonyl (C=O) groups is 1. The molecule has 0 radical (unpaired) electrons. The summed E-state index contributed by atoms with van der Waals surface area (Å²) in [5.41, 5.74) is 0.901. The van der Waals surface area contributed by atoms with Gasteiger partial charge in [-0.25, -0.2) is 13.4 Å². The quantitative estimate of drug-likeness (QED) is 0.452. The SMILES string of the molecule is CCCCOc1ccc(C(=O)Nc2ccc(S(=O)(=O)[N-]c3cc(OC)ncn3)cc2)cc1. The Morgan fingerprint density at radius 1 is 1.06 bits per heavy atom. The Labute approximate surface area is 186 Å². The van der Waals surface area contributed by atoms with Crippen molar-refractivity contribution in [1.82, 2.24) is 9.97 Å². The zero-order valence-corrected chi connectivity index (χ0v) is 18.5. The zero-order valence-electron chi connectivity index (χ0n) is 17.7. The first-order valence-corrected chi connectivity index (χ1v) is 11.3. The van der Waals surface area contributed by atoms with Gasteiger partial charge in [0.05, 0.1) is 18.6 Å². The van der Waals surface area contributed by atoms with E-state index in [4.69, 9.17) is 9.47 Å². The third kappa shape index (κ3) is 6.17. The molecule has 0 unspecified atom stereocenters. The average molecular weight is 456 g/mol. The van der Waals surface area contributed by atoms with Gasteiger partial charge in [-0.05, 0) is 66.8 Å². The second kappa shape index (κ2) is 10.6. The van der Waals surface area contributed by atoms with Crippen molar-refractivity contribution in [2.45, 2.75) is 24.7 Å². The van der Waals surface area contributed by atoms with Gasteiger partial charge < -0.3 is 24.5 Å². The van der Waals surface area contributed by atoms with Gasteiger partial charge in [0.15, 0.2) is 0 Å². The van der Waals surface area contributed by atoms with Crippen molar-refractivity contribution in [3.8, 4) is 11.6 Å². The van der Waals surface area contributed by atoms with E-state index in [1.165, 1.54) is 37.4 Å². The molecule has 0 saturated heterocycles. The summed E-state index contributed by atoms with van der Waals surface area (Å²) >= 11 is 0. The largest absolute Gasteiger partial charge is 0.494 e. The first kappa shape index (κ1) is 23.0. The molecule has 0 bridgehead atoms. The molecule has 0 spiro atoms. The van der Waals surface area contributed by atoms with Crippen LogP contribution in [0.1, 0.15) is 30.1 Å². The van der Waals surface area contributed by atoms with E-state index in [2.05, 4.69) is 26.9 Å². The minimum atomic E-state index is -4.00. The van der Waals surface area contributed by atoms with Crippen LogP contribution in [0.15, 0.2) is 65.8 Å². The monoisotopic (exact) mass is 455 g/mol. The number of aromatic nitrogens is 2. The van der Waals surface area contributed by atoms with Gasteiger partial charge >= 0.3 is 0 Å². The molecule has 10 heteroatoms. The van der Waals surface area contributed by atoms with Gasteiger partial charge in [0.25, 0.3) is 5.91 Å². The van der Waals surface area contributed by atoms with Gasteiger partial charge in [-0.2, -0.15) is 0 Å². The Hall–Kier alpha value is -3.66. The average Bonchev–Trinajstić information content (AvgIpc) is 2.80. The van der Waals surface area contributed by atoms with Crippen LogP contribution in [0.4, 0.5) is 11.5 Å².